The second-order valence-corrected chi connectivity index (χ2v) is 11.0. The topological polar surface area (TPSA) is 105 Å². The third-order valence-corrected chi connectivity index (χ3v) is 6.57. The zero-order valence-electron chi connectivity index (χ0n) is 18.6. The van der Waals surface area contributed by atoms with E-state index < -0.39 is 22.6 Å². The molecule has 1 atom stereocenters. The van der Waals surface area contributed by atoms with Gasteiger partial charge in [0.05, 0.1) is 23.5 Å². The zero-order chi connectivity index (χ0) is 25.8. The van der Waals surface area contributed by atoms with Gasteiger partial charge in [0.25, 0.3) is 0 Å². The standard InChI is InChI=1S/C21H22ClF3N4O4S2/c1-13-18(19(30)28-35(2,31)32)27-20(34-13)29(12-16-6-5-15(22)11-26-16)10-9-14-3-7-17(8-4-14)33-21(23,24)25/h3-8,11,19,28,30H,9-10,12H2,1-2H3. The number of sulfonamides is 1. The molecule has 0 radical (unpaired) electrons. The van der Waals surface area contributed by atoms with Gasteiger partial charge < -0.3 is 14.7 Å². The first-order valence-electron chi connectivity index (χ1n) is 10.1. The van der Waals surface area contributed by atoms with Crippen LogP contribution in [0.25, 0.3) is 0 Å². The Labute approximate surface area is 209 Å². The second kappa shape index (κ2) is 11.1. The highest BCUT2D eigenvalue weighted by Crippen LogP contribution is 2.30. The number of alkyl halides is 3. The highest BCUT2D eigenvalue weighted by Gasteiger charge is 2.31. The van der Waals surface area contributed by atoms with E-state index >= 15 is 0 Å². The fourth-order valence-corrected chi connectivity index (χ4v) is 4.69. The number of aliphatic hydroxyl groups is 1. The summed E-state index contributed by atoms with van der Waals surface area (Å²) in [5, 5.41) is 11.3. The quantitative estimate of drug-likeness (QED) is 0.365. The maximum Gasteiger partial charge on any atom is 0.573 e. The Morgan fingerprint density at radius 3 is 2.49 bits per heavy atom. The fraction of sp³-hybridized carbons (Fsp3) is 0.333. The molecule has 0 spiro atoms. The van der Waals surface area contributed by atoms with Crippen molar-refractivity contribution in [2.24, 2.45) is 0 Å². The summed E-state index contributed by atoms with van der Waals surface area (Å²) < 4.78 is 66.2. The highest BCUT2D eigenvalue weighted by atomic mass is 35.5. The normalized spacial score (nSPS) is 13.0. The number of ether oxygens (including phenoxy) is 1. The SMILES string of the molecule is Cc1sc(N(CCc2ccc(OC(F)(F)F)cc2)Cc2ccc(Cl)cn2)nc1C(O)NS(C)(=O)=O. The third-order valence-electron chi connectivity index (χ3n) is 4.65. The van der Waals surface area contributed by atoms with Crippen molar-refractivity contribution in [3.05, 3.63) is 69.4 Å². The number of hydrogen-bond acceptors (Lipinski definition) is 8. The summed E-state index contributed by atoms with van der Waals surface area (Å²) in [6, 6.07) is 9.01. The number of benzene rings is 1. The van der Waals surface area contributed by atoms with E-state index in [0.29, 0.717) is 40.2 Å². The molecule has 2 heterocycles. The van der Waals surface area contributed by atoms with Crippen molar-refractivity contribution in [2.75, 3.05) is 17.7 Å². The smallest absolute Gasteiger partial charge is 0.406 e. The van der Waals surface area contributed by atoms with Crippen LogP contribution in [0.4, 0.5) is 18.3 Å². The zero-order valence-corrected chi connectivity index (χ0v) is 21.0. The number of nitrogens with one attached hydrogen (secondary N) is 1. The molecule has 3 aromatic rings. The largest absolute Gasteiger partial charge is 0.573 e. The second-order valence-electron chi connectivity index (χ2n) is 7.56. The molecule has 0 aliphatic heterocycles. The van der Waals surface area contributed by atoms with Crippen molar-refractivity contribution in [3.63, 3.8) is 0 Å². The van der Waals surface area contributed by atoms with E-state index in [4.69, 9.17) is 11.6 Å². The molecule has 2 N–H and O–H groups in total. The van der Waals surface area contributed by atoms with Crippen LogP contribution < -0.4 is 14.4 Å². The molecule has 8 nitrogen and oxygen atoms in total. The Hall–Kier alpha value is -2.45. The molecule has 0 aliphatic rings. The van der Waals surface area contributed by atoms with E-state index in [0.717, 1.165) is 11.8 Å². The third kappa shape index (κ3) is 8.61. The predicted octanol–water partition coefficient (Wildman–Crippen LogP) is 4.19. The lowest BCUT2D eigenvalue weighted by Gasteiger charge is -2.22. The lowest BCUT2D eigenvalue weighted by Crippen LogP contribution is -2.28. The van der Waals surface area contributed by atoms with Gasteiger partial charge in [-0.15, -0.1) is 24.5 Å². The molecule has 1 unspecified atom stereocenters. The summed E-state index contributed by atoms with van der Waals surface area (Å²) in [7, 11) is -3.67. The average molecular weight is 551 g/mol. The Kier molecular flexibility index (Phi) is 8.59. The van der Waals surface area contributed by atoms with Crippen molar-refractivity contribution >= 4 is 38.1 Å². The molecule has 1 aromatic carbocycles. The van der Waals surface area contributed by atoms with Crippen molar-refractivity contribution in [1.82, 2.24) is 14.7 Å². The molecular formula is C21H22ClF3N4O4S2. The monoisotopic (exact) mass is 550 g/mol. The van der Waals surface area contributed by atoms with Gasteiger partial charge in [-0.1, -0.05) is 23.7 Å². The molecule has 0 bridgehead atoms. The van der Waals surface area contributed by atoms with E-state index in [9.17, 15) is 26.7 Å². The summed E-state index contributed by atoms with van der Waals surface area (Å²) in [5.74, 6) is -0.309. The number of aromatic nitrogens is 2. The van der Waals surface area contributed by atoms with Crippen LogP contribution in [0.3, 0.4) is 0 Å². The van der Waals surface area contributed by atoms with E-state index in [1.54, 1.807) is 19.1 Å². The van der Waals surface area contributed by atoms with Crippen LogP contribution in [0.1, 0.15) is 28.1 Å². The molecule has 0 saturated heterocycles. The number of aryl methyl sites for hydroxylation is 1. The molecule has 3 rings (SSSR count). The van der Waals surface area contributed by atoms with Gasteiger partial charge in [0.15, 0.2) is 11.4 Å². The van der Waals surface area contributed by atoms with E-state index in [1.165, 1.54) is 41.8 Å². The fourth-order valence-electron chi connectivity index (χ4n) is 3.10. The maximum absolute atomic E-state index is 12.4. The highest BCUT2D eigenvalue weighted by molar-refractivity contribution is 7.88. The van der Waals surface area contributed by atoms with Gasteiger partial charge >= 0.3 is 6.36 Å². The molecule has 0 aliphatic carbocycles. The minimum absolute atomic E-state index is 0.179. The van der Waals surface area contributed by atoms with Gasteiger partial charge in [0, 0.05) is 17.6 Å². The minimum Gasteiger partial charge on any atom is -0.406 e. The van der Waals surface area contributed by atoms with Crippen LogP contribution in [0.5, 0.6) is 5.75 Å². The lowest BCUT2D eigenvalue weighted by molar-refractivity contribution is -0.274. The molecule has 35 heavy (non-hydrogen) atoms. The number of pyridine rings is 1. The molecule has 0 amide bonds. The van der Waals surface area contributed by atoms with E-state index in [-0.39, 0.29) is 11.4 Å². The number of nitrogens with zero attached hydrogens (tertiary/aromatic N) is 3. The molecule has 14 heteroatoms. The number of anilines is 1. The Morgan fingerprint density at radius 1 is 1.23 bits per heavy atom. The number of aliphatic hydroxyl groups excluding tert-OH is 1. The van der Waals surface area contributed by atoms with E-state index in [2.05, 4.69) is 19.4 Å². The predicted molar refractivity (Wildman–Crippen MR) is 127 cm³/mol. The minimum atomic E-state index is -4.76. The molecule has 2 aromatic heterocycles. The van der Waals surface area contributed by atoms with E-state index in [1.807, 2.05) is 4.90 Å². The van der Waals surface area contributed by atoms with Crippen LogP contribution in [0, 0.1) is 6.92 Å². The van der Waals surface area contributed by atoms with Crippen LogP contribution in [-0.2, 0) is 23.0 Å². The van der Waals surface area contributed by atoms with Gasteiger partial charge in [-0.2, -0.15) is 4.72 Å². The Bertz CT molecular complexity index is 1240. The van der Waals surface area contributed by atoms with Crippen molar-refractivity contribution < 1.29 is 31.4 Å². The van der Waals surface area contributed by atoms with Crippen LogP contribution >= 0.6 is 22.9 Å². The molecular weight excluding hydrogens is 529 g/mol. The van der Waals surface area contributed by atoms with Gasteiger partial charge in [0.1, 0.15) is 11.4 Å². The molecule has 190 valence electrons. The number of halogens is 4. The van der Waals surface area contributed by atoms with Gasteiger partial charge in [0.2, 0.25) is 10.0 Å². The summed E-state index contributed by atoms with van der Waals surface area (Å²) >= 11 is 7.18. The van der Waals surface area contributed by atoms with Crippen LogP contribution in [0.15, 0.2) is 42.6 Å². The van der Waals surface area contributed by atoms with Crippen molar-refractivity contribution in [2.45, 2.75) is 32.5 Å². The lowest BCUT2D eigenvalue weighted by atomic mass is 10.1. The Balaban J connectivity index is 1.81. The number of hydrogen-bond donors (Lipinski definition) is 2. The number of thiazole rings is 1. The van der Waals surface area contributed by atoms with Crippen LogP contribution in [-0.4, -0.2) is 42.7 Å². The summed E-state index contributed by atoms with van der Waals surface area (Å²) in [5.41, 5.74) is 1.63. The van der Waals surface area contributed by atoms with Crippen molar-refractivity contribution in [1.29, 1.82) is 0 Å². The van der Waals surface area contributed by atoms with Gasteiger partial charge in [-0.3, -0.25) is 4.98 Å². The van der Waals surface area contributed by atoms with Gasteiger partial charge in [-0.05, 0) is 43.2 Å². The summed E-state index contributed by atoms with van der Waals surface area (Å²) in [6.45, 7) is 2.45. The molecule has 0 fully saturated rings. The summed E-state index contributed by atoms with van der Waals surface area (Å²) in [6.07, 6.45) is -3.37. The number of rotatable bonds is 10. The van der Waals surface area contributed by atoms with Gasteiger partial charge in [-0.25, -0.2) is 13.4 Å². The maximum atomic E-state index is 12.4. The first kappa shape index (κ1) is 27.1. The van der Waals surface area contributed by atoms with Crippen LogP contribution in [0.2, 0.25) is 5.02 Å². The first-order valence-corrected chi connectivity index (χ1v) is 13.2. The first-order chi connectivity index (χ1) is 16.3. The Morgan fingerprint density at radius 2 is 1.91 bits per heavy atom. The van der Waals surface area contributed by atoms with Crippen molar-refractivity contribution in [3.8, 4) is 5.75 Å². The summed E-state index contributed by atoms with van der Waals surface area (Å²) in [4.78, 5) is 11.2. The average Bonchev–Trinajstić information content (AvgIpc) is 3.13. The molecule has 0 saturated carbocycles.